The molecule has 0 unspecified atom stereocenters. The van der Waals surface area contributed by atoms with Gasteiger partial charge in [-0.3, -0.25) is 9.36 Å². The molecule has 0 saturated carbocycles. The van der Waals surface area contributed by atoms with E-state index in [1.165, 1.54) is 0 Å². The molecule has 0 bridgehead atoms. The number of pyridine rings is 1. The molecule has 0 aliphatic rings. The molecule has 0 amide bonds. The summed E-state index contributed by atoms with van der Waals surface area (Å²) in [5.74, 6) is 0.762. The van der Waals surface area contributed by atoms with Crippen molar-refractivity contribution in [2.45, 2.75) is 0 Å². The van der Waals surface area contributed by atoms with E-state index in [0.717, 1.165) is 54.7 Å². The molecule has 6 rings (SSSR count). The van der Waals surface area contributed by atoms with Gasteiger partial charge in [-0.25, -0.2) is 0 Å². The predicted octanol–water partition coefficient (Wildman–Crippen LogP) is 6.46. The van der Waals surface area contributed by atoms with Crippen LogP contribution in [0.5, 0.6) is 5.75 Å². The fraction of sp³-hybridized carbons (Fsp3) is 0.0357. The van der Waals surface area contributed by atoms with Gasteiger partial charge in [0, 0.05) is 21.8 Å². The van der Waals surface area contributed by atoms with E-state index < -0.39 is 0 Å². The quantitative estimate of drug-likeness (QED) is 0.312. The van der Waals surface area contributed by atoms with Crippen LogP contribution < -0.4 is 10.3 Å². The van der Waals surface area contributed by atoms with Gasteiger partial charge in [-0.15, -0.1) is 0 Å². The van der Waals surface area contributed by atoms with Crippen molar-refractivity contribution in [2.75, 3.05) is 7.11 Å². The summed E-state index contributed by atoms with van der Waals surface area (Å²) in [5, 5.41) is 7.36. The maximum absolute atomic E-state index is 13.8. The van der Waals surface area contributed by atoms with Crippen LogP contribution in [0.2, 0.25) is 0 Å². The summed E-state index contributed by atoms with van der Waals surface area (Å²) in [6.07, 6.45) is 0. The lowest BCUT2D eigenvalue weighted by molar-refractivity contribution is 0.415. The molecule has 0 aliphatic carbocycles. The van der Waals surface area contributed by atoms with Crippen LogP contribution >= 0.6 is 0 Å². The highest BCUT2D eigenvalue weighted by molar-refractivity contribution is 6.26. The van der Waals surface area contributed by atoms with Crippen LogP contribution in [0, 0.1) is 0 Å². The number of aromatic nitrogens is 1. The summed E-state index contributed by atoms with van der Waals surface area (Å²) in [6.45, 7) is 0. The molecule has 0 radical (unpaired) electrons. The summed E-state index contributed by atoms with van der Waals surface area (Å²) in [4.78, 5) is 13.8. The largest absolute Gasteiger partial charge is 0.497 e. The molecule has 1 heterocycles. The first-order valence-corrected chi connectivity index (χ1v) is 10.3. The monoisotopic (exact) mass is 401 g/mol. The Kier molecular flexibility index (Phi) is 3.84. The minimum absolute atomic E-state index is 0.0197. The summed E-state index contributed by atoms with van der Waals surface area (Å²) in [5.41, 5.74) is 1.70. The molecular weight excluding hydrogens is 382 g/mol. The number of benzene rings is 5. The van der Waals surface area contributed by atoms with Crippen LogP contribution in [-0.4, -0.2) is 11.7 Å². The second-order valence-electron chi connectivity index (χ2n) is 7.73. The summed E-state index contributed by atoms with van der Waals surface area (Å²) in [7, 11) is 1.64. The maximum Gasteiger partial charge on any atom is 0.263 e. The molecule has 0 N–H and O–H groups in total. The number of hydrogen-bond donors (Lipinski definition) is 0. The highest BCUT2D eigenvalue weighted by Gasteiger charge is 2.16. The molecule has 0 fully saturated rings. The van der Waals surface area contributed by atoms with Crippen molar-refractivity contribution in [2.24, 2.45) is 0 Å². The van der Waals surface area contributed by atoms with E-state index in [-0.39, 0.29) is 5.56 Å². The zero-order valence-electron chi connectivity index (χ0n) is 17.0. The van der Waals surface area contributed by atoms with Gasteiger partial charge in [0.05, 0.1) is 12.6 Å². The lowest BCUT2D eigenvalue weighted by Gasteiger charge is -2.17. The van der Waals surface area contributed by atoms with Crippen molar-refractivity contribution >= 4 is 43.2 Å². The first-order chi connectivity index (χ1) is 15.3. The SMILES string of the molecule is COc1ccc(-n2c(=O)c3ccc4ccccc4c3c3c4ccccc4ccc32)cc1. The Morgan fingerprint density at radius 3 is 1.90 bits per heavy atom. The molecule has 3 nitrogen and oxygen atoms in total. The number of methoxy groups -OCH3 is 1. The molecule has 1 aromatic heterocycles. The van der Waals surface area contributed by atoms with Crippen molar-refractivity contribution in [1.82, 2.24) is 4.57 Å². The Bertz CT molecular complexity index is 1680. The number of hydrogen-bond acceptors (Lipinski definition) is 2. The minimum atomic E-state index is -0.0197. The Morgan fingerprint density at radius 2 is 1.23 bits per heavy atom. The molecule has 31 heavy (non-hydrogen) atoms. The van der Waals surface area contributed by atoms with E-state index >= 15 is 0 Å². The smallest absolute Gasteiger partial charge is 0.263 e. The van der Waals surface area contributed by atoms with Gasteiger partial charge in [-0.2, -0.15) is 0 Å². The highest BCUT2D eigenvalue weighted by atomic mass is 16.5. The van der Waals surface area contributed by atoms with Gasteiger partial charge in [0.2, 0.25) is 0 Å². The minimum Gasteiger partial charge on any atom is -0.497 e. The van der Waals surface area contributed by atoms with Crippen LogP contribution in [0.4, 0.5) is 0 Å². The van der Waals surface area contributed by atoms with Crippen molar-refractivity contribution in [3.05, 3.63) is 107 Å². The first-order valence-electron chi connectivity index (χ1n) is 10.3. The predicted molar refractivity (Wildman–Crippen MR) is 129 cm³/mol. The standard InChI is InChI=1S/C28H19NO2/c1-31-21-14-12-20(13-15-21)29-25-17-11-19-7-3-5-9-23(19)27(25)26-22-8-4-2-6-18(22)10-16-24(26)28(29)30/h2-17H,1H3. The fourth-order valence-corrected chi connectivity index (χ4v) is 4.65. The van der Waals surface area contributed by atoms with Crippen LogP contribution in [0.1, 0.15) is 0 Å². The molecule has 0 aliphatic heterocycles. The zero-order valence-corrected chi connectivity index (χ0v) is 17.0. The van der Waals surface area contributed by atoms with E-state index in [0.29, 0.717) is 0 Å². The second kappa shape index (κ2) is 6.71. The second-order valence-corrected chi connectivity index (χ2v) is 7.73. The molecule has 3 heteroatoms. The Morgan fingerprint density at radius 1 is 0.613 bits per heavy atom. The highest BCUT2D eigenvalue weighted by Crippen LogP contribution is 2.35. The number of fused-ring (bicyclic) bond motifs is 7. The average Bonchev–Trinajstić information content (AvgIpc) is 2.83. The first kappa shape index (κ1) is 17.7. The van der Waals surface area contributed by atoms with Gasteiger partial charge in [-0.05, 0) is 57.9 Å². The Balaban J connectivity index is 1.90. The average molecular weight is 401 g/mol. The van der Waals surface area contributed by atoms with E-state index in [9.17, 15) is 4.79 Å². The van der Waals surface area contributed by atoms with E-state index in [4.69, 9.17) is 4.74 Å². The zero-order chi connectivity index (χ0) is 20.9. The van der Waals surface area contributed by atoms with Gasteiger partial charge in [0.25, 0.3) is 5.56 Å². The molecule has 0 atom stereocenters. The van der Waals surface area contributed by atoms with Gasteiger partial charge in [-0.1, -0.05) is 60.7 Å². The van der Waals surface area contributed by atoms with Crippen molar-refractivity contribution in [1.29, 1.82) is 0 Å². The molecular formula is C28H19NO2. The molecule has 148 valence electrons. The van der Waals surface area contributed by atoms with Crippen LogP contribution in [0.3, 0.4) is 0 Å². The molecule has 0 spiro atoms. The fourth-order valence-electron chi connectivity index (χ4n) is 4.65. The van der Waals surface area contributed by atoms with Gasteiger partial charge in [0.15, 0.2) is 0 Å². The topological polar surface area (TPSA) is 31.2 Å². The summed E-state index contributed by atoms with van der Waals surface area (Å²) >= 11 is 0. The van der Waals surface area contributed by atoms with E-state index in [1.54, 1.807) is 7.11 Å². The van der Waals surface area contributed by atoms with Crippen LogP contribution in [-0.2, 0) is 0 Å². The van der Waals surface area contributed by atoms with Gasteiger partial charge in [0.1, 0.15) is 5.75 Å². The Labute approximate surface area is 178 Å². The lowest BCUT2D eigenvalue weighted by atomic mass is 9.95. The lowest BCUT2D eigenvalue weighted by Crippen LogP contribution is -2.19. The van der Waals surface area contributed by atoms with Gasteiger partial charge >= 0.3 is 0 Å². The van der Waals surface area contributed by atoms with Crippen molar-refractivity contribution < 1.29 is 4.74 Å². The summed E-state index contributed by atoms with van der Waals surface area (Å²) < 4.78 is 7.13. The number of ether oxygens (including phenoxy) is 1. The number of nitrogens with zero attached hydrogens (tertiary/aromatic N) is 1. The normalized spacial score (nSPS) is 11.5. The molecule has 0 saturated heterocycles. The van der Waals surface area contributed by atoms with E-state index in [1.807, 2.05) is 59.2 Å². The van der Waals surface area contributed by atoms with Crippen LogP contribution in [0.15, 0.2) is 102 Å². The number of rotatable bonds is 2. The third kappa shape index (κ3) is 2.57. The maximum atomic E-state index is 13.8. The third-order valence-corrected chi connectivity index (χ3v) is 6.09. The van der Waals surface area contributed by atoms with E-state index in [2.05, 4.69) is 42.5 Å². The Hall–Kier alpha value is -4.11. The van der Waals surface area contributed by atoms with Crippen molar-refractivity contribution in [3.8, 4) is 11.4 Å². The molecule has 5 aromatic carbocycles. The van der Waals surface area contributed by atoms with Gasteiger partial charge < -0.3 is 4.74 Å². The molecule has 6 aromatic rings. The van der Waals surface area contributed by atoms with Crippen molar-refractivity contribution in [3.63, 3.8) is 0 Å². The summed E-state index contributed by atoms with van der Waals surface area (Å²) in [6, 6.07) is 32.4. The van der Waals surface area contributed by atoms with Crippen LogP contribution in [0.25, 0.3) is 48.9 Å². The third-order valence-electron chi connectivity index (χ3n) is 6.09.